The van der Waals surface area contributed by atoms with Gasteiger partial charge in [-0.15, -0.1) is 0 Å². The van der Waals surface area contributed by atoms with Crippen molar-refractivity contribution in [2.45, 2.75) is 52.5 Å². The smallest absolute Gasteiger partial charge is 0.330 e. The first kappa shape index (κ1) is 22.9. The monoisotopic (exact) mass is 384 g/mol. The van der Waals surface area contributed by atoms with Crippen LogP contribution in [0.2, 0.25) is 0 Å². The zero-order valence-corrected chi connectivity index (χ0v) is 16.6. The third kappa shape index (κ3) is 6.84. The number of carbonyl (C=O) groups is 1. The summed E-state index contributed by atoms with van der Waals surface area (Å²) in [4.78, 5) is 40.8. The summed E-state index contributed by atoms with van der Waals surface area (Å²) in [6.45, 7) is 5.20. The van der Waals surface area contributed by atoms with Gasteiger partial charge < -0.3 is 20.1 Å². The molecule has 0 aliphatic heterocycles. The van der Waals surface area contributed by atoms with Gasteiger partial charge >= 0.3 is 5.69 Å². The lowest BCUT2D eigenvalue weighted by molar-refractivity contribution is -0.123. The number of unbranched alkanes of at least 4 members (excludes halogenated alkanes) is 3. The van der Waals surface area contributed by atoms with Crippen molar-refractivity contribution in [3.63, 3.8) is 0 Å². The third-order valence-corrected chi connectivity index (χ3v) is 4.16. The van der Waals surface area contributed by atoms with Crippen molar-refractivity contribution in [3.8, 4) is 0 Å². The number of nitrogens with two attached hydrogens (primary N) is 1. The van der Waals surface area contributed by atoms with Gasteiger partial charge in [-0.2, -0.15) is 0 Å². The minimum absolute atomic E-state index is 0.0129. The van der Waals surface area contributed by atoms with Gasteiger partial charge in [0.15, 0.2) is 5.69 Å². The lowest BCUT2D eigenvalue weighted by Gasteiger charge is -2.24. The van der Waals surface area contributed by atoms with Crippen molar-refractivity contribution in [2.75, 3.05) is 44.1 Å². The number of carbonyl (C=O) groups excluding carboxylic acids is 1. The van der Waals surface area contributed by atoms with Crippen LogP contribution in [0.25, 0.3) is 0 Å². The molecule has 0 unspecified atom stereocenters. The minimum Gasteiger partial charge on any atom is -0.383 e. The predicted octanol–water partition coefficient (Wildman–Crippen LogP) is 1.11. The summed E-state index contributed by atoms with van der Waals surface area (Å²) >= 11 is 0. The Hall–Kier alpha value is -2.13. The number of anilines is 2. The van der Waals surface area contributed by atoms with Crippen molar-refractivity contribution < 1.29 is 14.3 Å². The van der Waals surface area contributed by atoms with Crippen molar-refractivity contribution >= 4 is 17.4 Å². The summed E-state index contributed by atoms with van der Waals surface area (Å²) in [6.07, 6.45) is 4.19. The second kappa shape index (κ2) is 12.3. The number of amides is 1. The van der Waals surface area contributed by atoms with E-state index >= 15 is 0 Å². The van der Waals surface area contributed by atoms with Crippen molar-refractivity contribution in [1.82, 2.24) is 9.55 Å². The highest BCUT2D eigenvalue weighted by atomic mass is 16.5. The number of methoxy groups -OCH3 is 1. The van der Waals surface area contributed by atoms with E-state index in [1.54, 1.807) is 7.11 Å². The van der Waals surface area contributed by atoms with Gasteiger partial charge in [0.05, 0.1) is 13.2 Å². The Balaban J connectivity index is 3.17. The lowest BCUT2D eigenvalue weighted by Crippen LogP contribution is -2.43. The minimum atomic E-state index is -0.660. The molecule has 1 rings (SSSR count). The maximum absolute atomic E-state index is 12.7. The topological polar surface area (TPSA) is 120 Å². The quantitative estimate of drug-likeness (QED) is 0.492. The Bertz CT molecular complexity index is 698. The molecule has 0 bridgehead atoms. The fraction of sp³-hybridized carbons (Fsp3) is 0.722. The van der Waals surface area contributed by atoms with Crippen LogP contribution < -0.4 is 21.9 Å². The molecule has 0 saturated carbocycles. The first-order valence-electron chi connectivity index (χ1n) is 9.47. The Morgan fingerprint density at radius 2 is 1.85 bits per heavy atom. The van der Waals surface area contributed by atoms with E-state index in [0.717, 1.165) is 25.7 Å². The number of aromatic amines is 1. The fourth-order valence-electron chi connectivity index (χ4n) is 2.64. The number of ether oxygens (including phenoxy) is 2. The predicted molar refractivity (Wildman–Crippen MR) is 105 cm³/mol. The number of hydrogen-bond donors (Lipinski definition) is 2. The molecule has 0 aliphatic rings. The van der Waals surface area contributed by atoms with Crippen LogP contribution in [-0.4, -0.2) is 48.9 Å². The summed E-state index contributed by atoms with van der Waals surface area (Å²) in [5.41, 5.74) is 4.93. The Kier molecular flexibility index (Phi) is 10.4. The maximum atomic E-state index is 12.7. The lowest BCUT2D eigenvalue weighted by atomic mass is 10.2. The van der Waals surface area contributed by atoms with E-state index in [4.69, 9.17) is 15.2 Å². The molecule has 9 nitrogen and oxygen atoms in total. The average Bonchev–Trinajstić information content (AvgIpc) is 2.63. The zero-order valence-electron chi connectivity index (χ0n) is 16.6. The van der Waals surface area contributed by atoms with E-state index in [1.165, 1.54) is 9.47 Å². The van der Waals surface area contributed by atoms with E-state index < -0.39 is 11.2 Å². The zero-order chi connectivity index (χ0) is 20.2. The van der Waals surface area contributed by atoms with Crippen molar-refractivity contribution in [2.24, 2.45) is 0 Å². The van der Waals surface area contributed by atoms with E-state index in [0.29, 0.717) is 26.1 Å². The normalized spacial score (nSPS) is 10.9. The van der Waals surface area contributed by atoms with Crippen LogP contribution in [0.3, 0.4) is 0 Å². The summed E-state index contributed by atoms with van der Waals surface area (Å²) in [5, 5.41) is 0. The van der Waals surface area contributed by atoms with Gasteiger partial charge in [-0.1, -0.05) is 33.1 Å². The number of hydrogen-bond acceptors (Lipinski definition) is 6. The SMILES string of the molecule is CCCCCN(C(=O)COCCOC)c1c(N)n(CCCC)c(=O)[nH]c1=O. The Labute approximate surface area is 159 Å². The second-order valence-electron chi connectivity index (χ2n) is 6.30. The van der Waals surface area contributed by atoms with Gasteiger partial charge in [-0.3, -0.25) is 19.1 Å². The van der Waals surface area contributed by atoms with Gasteiger partial charge in [0.25, 0.3) is 11.5 Å². The largest absolute Gasteiger partial charge is 0.383 e. The second-order valence-corrected chi connectivity index (χ2v) is 6.30. The molecule has 9 heteroatoms. The molecule has 0 spiro atoms. The van der Waals surface area contributed by atoms with Crippen LogP contribution in [0.5, 0.6) is 0 Å². The molecule has 0 saturated heterocycles. The number of nitrogens with zero attached hydrogens (tertiary/aromatic N) is 2. The molecule has 27 heavy (non-hydrogen) atoms. The van der Waals surface area contributed by atoms with Crippen LogP contribution in [-0.2, 0) is 20.8 Å². The molecule has 3 N–H and O–H groups in total. The Morgan fingerprint density at radius 3 is 2.48 bits per heavy atom. The molecular weight excluding hydrogens is 352 g/mol. The maximum Gasteiger partial charge on any atom is 0.330 e. The van der Waals surface area contributed by atoms with E-state index in [2.05, 4.69) is 4.98 Å². The molecule has 154 valence electrons. The van der Waals surface area contributed by atoms with E-state index in [-0.39, 0.29) is 30.6 Å². The average molecular weight is 384 g/mol. The standard InChI is InChI=1S/C18H32N4O5/c1-4-6-8-10-21(14(23)13-27-12-11-26-3)15-16(19)22(9-7-5-2)18(25)20-17(15)24/h4-13,19H2,1-3H3,(H,20,24,25). The molecule has 1 aromatic heterocycles. The molecule has 1 aromatic rings. The number of nitrogens with one attached hydrogen (secondary N) is 1. The van der Waals surface area contributed by atoms with Crippen molar-refractivity contribution in [1.29, 1.82) is 0 Å². The van der Waals surface area contributed by atoms with Crippen LogP contribution in [0.15, 0.2) is 9.59 Å². The first-order valence-corrected chi connectivity index (χ1v) is 9.47. The number of nitrogen functional groups attached to an aromatic ring is 1. The highest BCUT2D eigenvalue weighted by Gasteiger charge is 2.23. The number of aromatic nitrogens is 2. The highest BCUT2D eigenvalue weighted by molar-refractivity contribution is 5.96. The van der Waals surface area contributed by atoms with Gasteiger partial charge in [0.1, 0.15) is 12.4 Å². The first-order chi connectivity index (χ1) is 13.0. The summed E-state index contributed by atoms with van der Waals surface area (Å²) in [6, 6.07) is 0. The number of H-pyrrole nitrogens is 1. The van der Waals surface area contributed by atoms with E-state index in [1.807, 2.05) is 13.8 Å². The van der Waals surface area contributed by atoms with Gasteiger partial charge in [0.2, 0.25) is 0 Å². The van der Waals surface area contributed by atoms with E-state index in [9.17, 15) is 14.4 Å². The van der Waals surface area contributed by atoms with Crippen LogP contribution in [0.1, 0.15) is 46.0 Å². The molecule has 1 amide bonds. The molecule has 1 heterocycles. The van der Waals surface area contributed by atoms with Crippen LogP contribution in [0, 0.1) is 0 Å². The fourth-order valence-corrected chi connectivity index (χ4v) is 2.64. The van der Waals surface area contributed by atoms with Crippen molar-refractivity contribution in [3.05, 3.63) is 20.8 Å². The Morgan fingerprint density at radius 1 is 1.15 bits per heavy atom. The van der Waals surface area contributed by atoms with Gasteiger partial charge in [-0.25, -0.2) is 4.79 Å². The highest BCUT2D eigenvalue weighted by Crippen LogP contribution is 2.18. The molecule has 0 aliphatic carbocycles. The molecular formula is C18H32N4O5. The van der Waals surface area contributed by atoms with Crippen LogP contribution in [0.4, 0.5) is 11.5 Å². The number of rotatable bonds is 13. The summed E-state index contributed by atoms with van der Waals surface area (Å²) in [5.74, 6) is -0.362. The summed E-state index contributed by atoms with van der Waals surface area (Å²) < 4.78 is 11.5. The summed E-state index contributed by atoms with van der Waals surface area (Å²) in [7, 11) is 1.54. The molecule has 0 atom stereocenters. The molecule has 0 radical (unpaired) electrons. The molecule has 0 fully saturated rings. The van der Waals surface area contributed by atoms with Gasteiger partial charge in [0, 0.05) is 20.2 Å². The van der Waals surface area contributed by atoms with Gasteiger partial charge in [-0.05, 0) is 12.8 Å². The third-order valence-electron chi connectivity index (χ3n) is 4.16. The molecule has 0 aromatic carbocycles. The van der Waals surface area contributed by atoms with Crippen LogP contribution >= 0.6 is 0 Å².